The van der Waals surface area contributed by atoms with Gasteiger partial charge in [0.2, 0.25) is 0 Å². The Labute approximate surface area is 144 Å². The largest absolute Gasteiger partial charge is 0.478 e. The highest BCUT2D eigenvalue weighted by atomic mass is 16.4. The van der Waals surface area contributed by atoms with Crippen molar-refractivity contribution in [3.63, 3.8) is 0 Å². The second-order valence-corrected chi connectivity index (χ2v) is 5.56. The number of aromatic carboxylic acids is 1. The fourth-order valence-corrected chi connectivity index (χ4v) is 2.62. The van der Waals surface area contributed by atoms with Crippen molar-refractivity contribution in [2.75, 3.05) is 11.9 Å². The Balaban J connectivity index is 1.71. The summed E-state index contributed by atoms with van der Waals surface area (Å²) in [5.74, 6) is -1.97. The molecule has 25 heavy (non-hydrogen) atoms. The van der Waals surface area contributed by atoms with Crippen LogP contribution >= 0.6 is 0 Å². The van der Waals surface area contributed by atoms with E-state index in [1.807, 2.05) is 30.3 Å². The molecule has 0 atom stereocenters. The number of para-hydroxylation sites is 1. The number of amides is 2. The van der Waals surface area contributed by atoms with Gasteiger partial charge in [0.25, 0.3) is 11.8 Å². The summed E-state index contributed by atoms with van der Waals surface area (Å²) in [6, 6.07) is 15.8. The summed E-state index contributed by atoms with van der Waals surface area (Å²) in [7, 11) is 0. The molecule has 1 aliphatic heterocycles. The molecular weight excluding hydrogens is 320 g/mol. The van der Waals surface area contributed by atoms with Crippen LogP contribution in [0.4, 0.5) is 5.69 Å². The van der Waals surface area contributed by atoms with Crippen molar-refractivity contribution in [3.05, 3.63) is 77.5 Å². The molecule has 6 heteroatoms. The van der Waals surface area contributed by atoms with Crippen LogP contribution in [0.2, 0.25) is 0 Å². The second-order valence-electron chi connectivity index (χ2n) is 5.56. The van der Waals surface area contributed by atoms with E-state index in [0.29, 0.717) is 6.42 Å². The highest BCUT2D eigenvalue weighted by molar-refractivity contribution is 6.17. The molecule has 0 aliphatic carbocycles. The average molecular weight is 336 g/mol. The van der Waals surface area contributed by atoms with Crippen molar-refractivity contribution in [1.29, 1.82) is 0 Å². The molecule has 0 saturated carbocycles. The van der Waals surface area contributed by atoms with Crippen molar-refractivity contribution in [1.82, 2.24) is 4.90 Å². The van der Waals surface area contributed by atoms with E-state index < -0.39 is 17.8 Å². The molecule has 0 radical (unpaired) electrons. The number of carboxylic acids is 1. The van der Waals surface area contributed by atoms with Crippen LogP contribution in [-0.4, -0.2) is 34.3 Å². The van der Waals surface area contributed by atoms with Crippen LogP contribution < -0.4 is 5.32 Å². The van der Waals surface area contributed by atoms with E-state index in [0.717, 1.165) is 10.5 Å². The van der Waals surface area contributed by atoms with Gasteiger partial charge in [-0.1, -0.05) is 42.5 Å². The number of nitrogens with one attached hydrogen (secondary N) is 1. The van der Waals surface area contributed by atoms with Crippen molar-refractivity contribution < 1.29 is 19.5 Å². The van der Waals surface area contributed by atoms with Crippen molar-refractivity contribution >= 4 is 23.5 Å². The molecule has 3 rings (SSSR count). The first kappa shape index (κ1) is 16.4. The van der Waals surface area contributed by atoms with Gasteiger partial charge in [-0.25, -0.2) is 4.79 Å². The van der Waals surface area contributed by atoms with Crippen LogP contribution in [0, 0.1) is 0 Å². The van der Waals surface area contributed by atoms with E-state index >= 15 is 0 Å². The van der Waals surface area contributed by atoms with Gasteiger partial charge in [0.05, 0.1) is 11.3 Å². The summed E-state index contributed by atoms with van der Waals surface area (Å²) in [6.07, 6.45) is 1.76. The van der Waals surface area contributed by atoms with E-state index in [2.05, 4.69) is 5.32 Å². The minimum Gasteiger partial charge on any atom is -0.478 e. The zero-order valence-electron chi connectivity index (χ0n) is 13.3. The lowest BCUT2D eigenvalue weighted by Gasteiger charge is -2.15. The summed E-state index contributed by atoms with van der Waals surface area (Å²) in [5.41, 5.74) is 1.41. The molecule has 1 heterocycles. The van der Waals surface area contributed by atoms with E-state index in [4.69, 9.17) is 0 Å². The van der Waals surface area contributed by atoms with Crippen LogP contribution in [-0.2, 0) is 16.0 Å². The first-order valence-corrected chi connectivity index (χ1v) is 7.77. The maximum atomic E-state index is 12.4. The van der Waals surface area contributed by atoms with Gasteiger partial charge < -0.3 is 10.4 Å². The van der Waals surface area contributed by atoms with Gasteiger partial charge in [-0.15, -0.1) is 0 Å². The number of carbonyl (C=O) groups is 3. The van der Waals surface area contributed by atoms with Gasteiger partial charge in [-0.2, -0.15) is 0 Å². The zero-order chi connectivity index (χ0) is 17.8. The van der Waals surface area contributed by atoms with E-state index in [-0.39, 0.29) is 23.5 Å². The molecule has 0 spiro atoms. The highest BCUT2D eigenvalue weighted by Crippen LogP contribution is 2.21. The van der Waals surface area contributed by atoms with Gasteiger partial charge >= 0.3 is 5.97 Å². The van der Waals surface area contributed by atoms with Crippen molar-refractivity contribution in [3.8, 4) is 0 Å². The maximum absolute atomic E-state index is 12.4. The third-order valence-electron chi connectivity index (χ3n) is 3.90. The monoisotopic (exact) mass is 336 g/mol. The molecule has 0 aromatic heterocycles. The molecule has 2 N–H and O–H groups in total. The number of nitrogens with zero attached hydrogens (tertiary/aromatic N) is 1. The minimum absolute atomic E-state index is 0.0337. The lowest BCUT2D eigenvalue weighted by atomic mass is 10.1. The molecule has 2 amide bonds. The second kappa shape index (κ2) is 7.00. The van der Waals surface area contributed by atoms with Crippen LogP contribution in [0.1, 0.15) is 15.9 Å². The van der Waals surface area contributed by atoms with Crippen LogP contribution in [0.3, 0.4) is 0 Å². The topological polar surface area (TPSA) is 86.7 Å². The van der Waals surface area contributed by atoms with Crippen LogP contribution in [0.25, 0.3) is 0 Å². The lowest BCUT2D eigenvalue weighted by molar-refractivity contribution is -0.137. The zero-order valence-corrected chi connectivity index (χ0v) is 13.3. The number of carboxylic acid groups (broad SMARTS) is 1. The molecule has 0 bridgehead atoms. The normalized spacial score (nSPS) is 13.8. The van der Waals surface area contributed by atoms with Gasteiger partial charge in [0.1, 0.15) is 5.70 Å². The molecule has 126 valence electrons. The first-order valence-electron chi connectivity index (χ1n) is 7.77. The van der Waals surface area contributed by atoms with Crippen LogP contribution in [0.15, 0.2) is 66.4 Å². The van der Waals surface area contributed by atoms with Gasteiger partial charge in [0.15, 0.2) is 0 Å². The fourth-order valence-electron chi connectivity index (χ4n) is 2.62. The number of benzene rings is 2. The third-order valence-corrected chi connectivity index (χ3v) is 3.90. The predicted octanol–water partition coefficient (Wildman–Crippen LogP) is 2.29. The van der Waals surface area contributed by atoms with Crippen LogP contribution in [0.5, 0.6) is 0 Å². The van der Waals surface area contributed by atoms with Gasteiger partial charge in [-0.05, 0) is 24.1 Å². The summed E-state index contributed by atoms with van der Waals surface area (Å²) < 4.78 is 0. The number of imide groups is 1. The molecule has 0 saturated heterocycles. The molecular formula is C19H16N2O4. The molecule has 2 aromatic carbocycles. The Kier molecular flexibility index (Phi) is 4.61. The Morgan fingerprint density at radius 3 is 2.40 bits per heavy atom. The van der Waals surface area contributed by atoms with E-state index in [1.165, 1.54) is 12.1 Å². The fraction of sp³-hybridized carbons (Fsp3) is 0.105. The molecule has 0 fully saturated rings. The summed E-state index contributed by atoms with van der Waals surface area (Å²) in [5, 5.41) is 12.0. The van der Waals surface area contributed by atoms with Gasteiger partial charge in [-0.3, -0.25) is 14.5 Å². The number of anilines is 1. The van der Waals surface area contributed by atoms with E-state index in [1.54, 1.807) is 18.2 Å². The molecule has 2 aromatic rings. The Hall–Kier alpha value is -3.41. The Morgan fingerprint density at radius 1 is 1.00 bits per heavy atom. The quantitative estimate of drug-likeness (QED) is 0.791. The smallest absolute Gasteiger partial charge is 0.337 e. The van der Waals surface area contributed by atoms with Gasteiger partial charge in [0, 0.05) is 12.6 Å². The predicted molar refractivity (Wildman–Crippen MR) is 92.0 cm³/mol. The van der Waals surface area contributed by atoms with E-state index in [9.17, 15) is 19.5 Å². The Morgan fingerprint density at radius 2 is 1.68 bits per heavy atom. The Bertz CT molecular complexity index is 859. The summed E-state index contributed by atoms with van der Waals surface area (Å²) in [4.78, 5) is 36.9. The highest BCUT2D eigenvalue weighted by Gasteiger charge is 2.31. The third kappa shape index (κ3) is 3.58. The minimum atomic E-state index is -1.11. The lowest BCUT2D eigenvalue weighted by Crippen LogP contribution is -2.34. The molecule has 0 unspecified atom stereocenters. The maximum Gasteiger partial charge on any atom is 0.337 e. The number of hydrogen-bond donors (Lipinski definition) is 2. The average Bonchev–Trinajstić information content (AvgIpc) is 2.88. The summed E-state index contributed by atoms with van der Waals surface area (Å²) >= 11 is 0. The molecule has 1 aliphatic rings. The standard InChI is InChI=1S/C19H16N2O4/c22-17-12-16(20-15-9-5-4-8-14(15)19(24)25)18(23)21(17)11-10-13-6-2-1-3-7-13/h1-9,12,20H,10-11H2,(H,24,25). The first-order chi connectivity index (χ1) is 12.1. The SMILES string of the molecule is O=C(O)c1ccccc1NC1=CC(=O)N(CCc2ccccc2)C1=O. The number of carbonyl (C=O) groups excluding carboxylic acids is 2. The number of rotatable bonds is 6. The van der Waals surface area contributed by atoms with Crippen molar-refractivity contribution in [2.24, 2.45) is 0 Å². The van der Waals surface area contributed by atoms with Crippen molar-refractivity contribution in [2.45, 2.75) is 6.42 Å². The summed E-state index contributed by atoms with van der Waals surface area (Å²) in [6.45, 7) is 0.268. The number of hydrogen-bond acceptors (Lipinski definition) is 4. The molecule has 6 nitrogen and oxygen atoms in total.